The number of ether oxygens (including phenoxy) is 1. The van der Waals surface area contributed by atoms with Gasteiger partial charge in [-0.25, -0.2) is 9.59 Å². The van der Waals surface area contributed by atoms with E-state index in [2.05, 4.69) is 22.1 Å². The predicted molar refractivity (Wildman–Crippen MR) is 96.8 cm³/mol. The van der Waals surface area contributed by atoms with Gasteiger partial charge >= 0.3 is 12.1 Å². The molecule has 3 aromatic rings. The number of benzene rings is 2. The largest absolute Gasteiger partial charge is 0.477 e. The lowest BCUT2D eigenvalue weighted by molar-refractivity contribution is 0.0691. The molecule has 130 valence electrons. The van der Waals surface area contributed by atoms with Gasteiger partial charge in [-0.2, -0.15) is 0 Å². The van der Waals surface area contributed by atoms with Gasteiger partial charge in [-0.1, -0.05) is 48.2 Å². The third-order valence-corrected chi connectivity index (χ3v) is 3.62. The summed E-state index contributed by atoms with van der Waals surface area (Å²) >= 11 is 0. The summed E-state index contributed by atoms with van der Waals surface area (Å²) in [7, 11) is 0. The van der Waals surface area contributed by atoms with Crippen LogP contribution in [0.4, 0.5) is 4.79 Å². The van der Waals surface area contributed by atoms with Crippen molar-refractivity contribution in [1.82, 2.24) is 10.3 Å². The van der Waals surface area contributed by atoms with E-state index in [1.54, 1.807) is 24.3 Å². The number of nitrogens with one attached hydrogen (secondary N) is 2. The fourth-order valence-corrected chi connectivity index (χ4v) is 2.36. The first kappa shape index (κ1) is 17.1. The van der Waals surface area contributed by atoms with E-state index in [1.165, 1.54) is 0 Å². The van der Waals surface area contributed by atoms with E-state index in [0.29, 0.717) is 5.52 Å². The van der Waals surface area contributed by atoms with Crippen molar-refractivity contribution < 1.29 is 19.4 Å². The highest BCUT2D eigenvalue weighted by Crippen LogP contribution is 2.16. The van der Waals surface area contributed by atoms with Gasteiger partial charge in [-0.15, -0.1) is 0 Å². The van der Waals surface area contributed by atoms with Crippen molar-refractivity contribution in [1.29, 1.82) is 0 Å². The van der Waals surface area contributed by atoms with Crippen LogP contribution in [0.1, 0.15) is 21.6 Å². The van der Waals surface area contributed by atoms with E-state index in [-0.39, 0.29) is 18.8 Å². The minimum Gasteiger partial charge on any atom is -0.477 e. The van der Waals surface area contributed by atoms with Crippen LogP contribution in [0.2, 0.25) is 0 Å². The molecule has 0 saturated carbocycles. The van der Waals surface area contributed by atoms with Gasteiger partial charge in [-0.3, -0.25) is 0 Å². The lowest BCUT2D eigenvalue weighted by atomic mass is 10.1. The second kappa shape index (κ2) is 7.90. The molecule has 0 spiro atoms. The number of H-pyrrole nitrogens is 1. The minimum atomic E-state index is -1.01. The highest BCUT2D eigenvalue weighted by atomic mass is 16.5. The van der Waals surface area contributed by atoms with Gasteiger partial charge in [0.05, 0.1) is 6.54 Å². The van der Waals surface area contributed by atoms with Crippen LogP contribution in [0.15, 0.2) is 54.6 Å². The number of hydrogen-bond acceptors (Lipinski definition) is 3. The molecule has 0 aliphatic carbocycles. The van der Waals surface area contributed by atoms with Crippen molar-refractivity contribution in [2.45, 2.75) is 6.61 Å². The minimum absolute atomic E-state index is 0.132. The third-order valence-electron chi connectivity index (χ3n) is 3.62. The Bertz CT molecular complexity index is 997. The van der Waals surface area contributed by atoms with Crippen LogP contribution in [0.25, 0.3) is 10.9 Å². The molecule has 3 N–H and O–H groups in total. The Balaban J connectivity index is 1.52. The molecule has 6 nitrogen and oxygen atoms in total. The SMILES string of the molecule is O=C(NCC#Cc1ccc2cc(C(=O)O)[nH]c2c1)OCc1ccccc1. The van der Waals surface area contributed by atoms with Gasteiger partial charge in [0.2, 0.25) is 0 Å². The smallest absolute Gasteiger partial charge is 0.408 e. The number of amides is 1. The van der Waals surface area contributed by atoms with Crippen molar-refractivity contribution in [2.24, 2.45) is 0 Å². The van der Waals surface area contributed by atoms with Gasteiger partial charge in [0.1, 0.15) is 12.3 Å². The zero-order valence-corrected chi connectivity index (χ0v) is 13.8. The second-order valence-corrected chi connectivity index (χ2v) is 5.51. The molecule has 0 fully saturated rings. The summed E-state index contributed by atoms with van der Waals surface area (Å²) in [6, 6.07) is 16.3. The third kappa shape index (κ3) is 4.42. The molecule has 0 saturated heterocycles. The zero-order chi connectivity index (χ0) is 18.4. The van der Waals surface area contributed by atoms with Crippen molar-refractivity contribution in [3.05, 3.63) is 71.4 Å². The Kier molecular flexibility index (Phi) is 5.20. The highest BCUT2D eigenvalue weighted by Gasteiger charge is 2.07. The molecule has 0 unspecified atom stereocenters. The van der Waals surface area contributed by atoms with Gasteiger partial charge in [-0.05, 0) is 23.8 Å². The molecule has 26 heavy (non-hydrogen) atoms. The average molecular weight is 348 g/mol. The monoisotopic (exact) mass is 348 g/mol. The second-order valence-electron chi connectivity index (χ2n) is 5.51. The van der Waals surface area contributed by atoms with E-state index >= 15 is 0 Å². The zero-order valence-electron chi connectivity index (χ0n) is 13.8. The van der Waals surface area contributed by atoms with E-state index in [4.69, 9.17) is 9.84 Å². The number of alkyl carbamates (subject to hydrolysis) is 1. The Morgan fingerprint density at radius 1 is 1.12 bits per heavy atom. The molecule has 0 aliphatic rings. The van der Waals surface area contributed by atoms with Gasteiger partial charge < -0.3 is 20.1 Å². The molecule has 1 heterocycles. The lowest BCUT2D eigenvalue weighted by Gasteiger charge is -2.04. The number of rotatable bonds is 4. The van der Waals surface area contributed by atoms with E-state index in [1.807, 2.05) is 30.3 Å². The number of carbonyl (C=O) groups excluding carboxylic acids is 1. The number of aromatic amines is 1. The van der Waals surface area contributed by atoms with Crippen molar-refractivity contribution in [2.75, 3.05) is 6.54 Å². The van der Waals surface area contributed by atoms with Gasteiger partial charge in [0.15, 0.2) is 0 Å². The highest BCUT2D eigenvalue weighted by molar-refractivity contribution is 5.94. The molecule has 0 atom stereocenters. The number of carboxylic acids is 1. The van der Waals surface area contributed by atoms with Crippen LogP contribution < -0.4 is 5.32 Å². The van der Waals surface area contributed by atoms with Crippen molar-refractivity contribution in [3.63, 3.8) is 0 Å². The molecular weight excluding hydrogens is 332 g/mol. The Labute approximate surface area is 149 Å². The topological polar surface area (TPSA) is 91.4 Å². The van der Waals surface area contributed by atoms with E-state index in [9.17, 15) is 9.59 Å². The molecule has 0 bridgehead atoms. The van der Waals surface area contributed by atoms with Crippen LogP contribution in [0.3, 0.4) is 0 Å². The Morgan fingerprint density at radius 2 is 1.92 bits per heavy atom. The molecular formula is C20H16N2O4. The maximum atomic E-state index is 11.6. The number of carboxylic acid groups (broad SMARTS) is 1. The van der Waals surface area contributed by atoms with Crippen molar-refractivity contribution in [3.8, 4) is 11.8 Å². The van der Waals surface area contributed by atoms with Crippen LogP contribution >= 0.6 is 0 Å². The normalized spacial score (nSPS) is 10.0. The molecule has 0 radical (unpaired) electrons. The first-order chi connectivity index (χ1) is 12.6. The Morgan fingerprint density at radius 3 is 2.69 bits per heavy atom. The fraction of sp³-hybridized carbons (Fsp3) is 0.100. The quantitative estimate of drug-likeness (QED) is 0.632. The summed E-state index contributed by atoms with van der Waals surface area (Å²) in [6.45, 7) is 0.353. The standard InChI is InChI=1S/C20H16N2O4/c23-19(24)18-12-16-9-8-14(11-17(16)22-18)7-4-10-21-20(25)26-13-15-5-2-1-3-6-15/h1-3,5-6,8-9,11-12,22H,10,13H2,(H,21,25)(H,23,24). The number of fused-ring (bicyclic) bond motifs is 1. The molecule has 1 amide bonds. The summed E-state index contributed by atoms with van der Waals surface area (Å²) in [5.74, 6) is 4.74. The summed E-state index contributed by atoms with van der Waals surface area (Å²) in [5.41, 5.74) is 2.46. The maximum absolute atomic E-state index is 11.6. The first-order valence-corrected chi connectivity index (χ1v) is 7.91. The van der Waals surface area contributed by atoms with Crippen LogP contribution in [0.5, 0.6) is 0 Å². The van der Waals surface area contributed by atoms with Crippen LogP contribution in [-0.2, 0) is 11.3 Å². The predicted octanol–water partition coefficient (Wildman–Crippen LogP) is 3.14. The van der Waals surface area contributed by atoms with E-state index in [0.717, 1.165) is 16.5 Å². The number of hydrogen-bond donors (Lipinski definition) is 3. The number of aromatic carboxylic acids is 1. The Hall–Kier alpha value is -3.72. The van der Waals surface area contributed by atoms with Crippen LogP contribution in [0, 0.1) is 11.8 Å². The summed E-state index contributed by atoms with van der Waals surface area (Å²) in [6.07, 6.45) is -0.533. The van der Waals surface area contributed by atoms with Crippen molar-refractivity contribution >= 4 is 23.0 Å². The number of aromatic nitrogens is 1. The molecule has 0 aliphatic heterocycles. The number of carbonyl (C=O) groups is 2. The molecule has 2 aromatic carbocycles. The average Bonchev–Trinajstić information content (AvgIpc) is 3.08. The van der Waals surface area contributed by atoms with Crippen LogP contribution in [-0.4, -0.2) is 28.7 Å². The first-order valence-electron chi connectivity index (χ1n) is 7.91. The molecule has 3 rings (SSSR count). The summed E-state index contributed by atoms with van der Waals surface area (Å²) in [4.78, 5) is 25.4. The fourth-order valence-electron chi connectivity index (χ4n) is 2.36. The van der Waals surface area contributed by atoms with E-state index < -0.39 is 12.1 Å². The molecule has 1 aromatic heterocycles. The maximum Gasteiger partial charge on any atom is 0.408 e. The van der Waals surface area contributed by atoms with Gasteiger partial charge in [0, 0.05) is 16.5 Å². The summed E-state index contributed by atoms with van der Waals surface area (Å²) < 4.78 is 5.08. The van der Waals surface area contributed by atoms with Gasteiger partial charge in [0.25, 0.3) is 0 Å². The lowest BCUT2D eigenvalue weighted by Crippen LogP contribution is -2.24. The molecule has 6 heteroatoms. The summed E-state index contributed by atoms with van der Waals surface area (Å²) in [5, 5.41) is 12.3.